The summed E-state index contributed by atoms with van der Waals surface area (Å²) in [6, 6.07) is 10.5. The van der Waals surface area contributed by atoms with Crippen LogP contribution in [0.15, 0.2) is 61.3 Å². The molecule has 19 heteroatoms. The molecule has 8 heterocycles. The fourth-order valence-electron chi connectivity index (χ4n) is 11.1. The second-order valence-corrected chi connectivity index (χ2v) is 20.3. The Hall–Kier alpha value is -6.94. The average molecular weight is 940 g/mol. The predicted molar refractivity (Wildman–Crippen MR) is 254 cm³/mol. The quantitative estimate of drug-likeness (QED) is 0.121. The van der Waals surface area contributed by atoms with Crippen LogP contribution in [0.2, 0.25) is 0 Å². The van der Waals surface area contributed by atoms with E-state index in [0.717, 1.165) is 62.1 Å². The number of hydrogen-bond donors (Lipinski definition) is 4. The molecule has 5 fully saturated rings. The minimum Gasteiger partial charge on any atom is -0.389 e. The van der Waals surface area contributed by atoms with Crippen LogP contribution < -0.4 is 25.8 Å². The predicted octanol–water partition coefficient (Wildman–Crippen LogP) is 4.99. The molecule has 0 bridgehead atoms. The first-order valence-electron chi connectivity index (χ1n) is 24.2. The number of nitriles is 1. The smallest absolute Gasteiger partial charge is 0.249 e. The van der Waals surface area contributed by atoms with E-state index in [1.807, 2.05) is 52.9 Å². The molecule has 10 rings (SSSR count). The molecular weight excluding hydrogens is 882 g/mol. The van der Waals surface area contributed by atoms with Crippen LogP contribution in [0.5, 0.6) is 0 Å². The number of imide groups is 1. The Bertz CT molecular complexity index is 2840. The highest BCUT2D eigenvalue weighted by Crippen LogP contribution is 2.54. The number of aliphatic hydroxyl groups is 1. The minimum atomic E-state index is -1.18. The molecule has 4 amide bonds. The normalized spacial score (nSPS) is 20.9. The van der Waals surface area contributed by atoms with Gasteiger partial charge in [0.05, 0.1) is 59.1 Å². The fraction of sp³-hybridized carbons (Fsp3) is 0.500. The van der Waals surface area contributed by atoms with E-state index in [9.17, 15) is 29.5 Å². The Morgan fingerprint density at radius 1 is 0.971 bits per heavy atom. The third-order valence-electron chi connectivity index (χ3n) is 15.3. The van der Waals surface area contributed by atoms with Crippen molar-refractivity contribution >= 4 is 46.3 Å². The summed E-state index contributed by atoms with van der Waals surface area (Å²) in [7, 11) is 0. The van der Waals surface area contributed by atoms with Crippen molar-refractivity contribution in [3.05, 3.63) is 72.7 Å². The lowest BCUT2D eigenvalue weighted by Crippen LogP contribution is -2.64. The highest BCUT2D eigenvalue weighted by atomic mass is 19.1. The monoisotopic (exact) mass is 939 g/mol. The van der Waals surface area contributed by atoms with Gasteiger partial charge in [0, 0.05) is 86.4 Å². The number of amides is 4. The molecule has 1 unspecified atom stereocenters. The van der Waals surface area contributed by atoms with Crippen LogP contribution >= 0.6 is 0 Å². The Labute approximate surface area is 399 Å². The third-order valence-corrected chi connectivity index (χ3v) is 15.3. The van der Waals surface area contributed by atoms with Crippen LogP contribution in [0.4, 0.5) is 21.6 Å². The van der Waals surface area contributed by atoms with Gasteiger partial charge in [-0.05, 0) is 95.5 Å². The first-order chi connectivity index (χ1) is 33.1. The van der Waals surface area contributed by atoms with Gasteiger partial charge in [0.2, 0.25) is 23.6 Å². The molecule has 1 spiro atoms. The molecule has 5 aliphatic rings. The number of likely N-dealkylation sites (tertiary alicyclic amines) is 1. The Balaban J connectivity index is 0.728. The van der Waals surface area contributed by atoms with Crippen molar-refractivity contribution < 1.29 is 28.7 Å². The molecule has 1 atom stereocenters. The van der Waals surface area contributed by atoms with Gasteiger partial charge in [-0.15, -0.1) is 0 Å². The fourth-order valence-corrected chi connectivity index (χ4v) is 11.1. The molecule has 5 aromatic rings. The average Bonchev–Trinajstić information content (AvgIpc) is 3.97. The summed E-state index contributed by atoms with van der Waals surface area (Å²) in [5, 5.41) is 39.1. The maximum absolute atomic E-state index is 15.3. The Morgan fingerprint density at radius 3 is 2.39 bits per heavy atom. The minimum absolute atomic E-state index is 0.0111. The topological polar surface area (TPSA) is 219 Å². The molecule has 1 aromatic carbocycles. The van der Waals surface area contributed by atoms with Crippen LogP contribution in [0.3, 0.4) is 0 Å². The molecule has 0 radical (unpaired) electrons. The standard InChI is InChI=1S/C50H58FN13O5/c1-4-49(47(68)56-31(2)3)11-15-61(16-12-49)41-9-5-32(24-53-41)44-45-33(23-52)25-55-64(45)28-39(58-44)34-26-54-63(27-34)36-20-48(21-36)29-62(30-48)43(66)22-50(69)13-17-60(18-14-50)40-8-6-35(19-37(40)51)57-38-7-10-42(65)59-46(38)67/h5-6,8-9,19,24-28,31,36,38,57,69H,4,7,10-18,20-22,29-30H2,1-3H3,(H,56,68)(H,59,65,67). The number of hydrogen-bond acceptors (Lipinski definition) is 13. The van der Waals surface area contributed by atoms with Gasteiger partial charge in [0.15, 0.2) is 0 Å². The maximum atomic E-state index is 15.3. The molecule has 1 saturated carbocycles. The third kappa shape index (κ3) is 8.86. The molecule has 18 nitrogen and oxygen atoms in total. The highest BCUT2D eigenvalue weighted by molar-refractivity contribution is 6.01. The summed E-state index contributed by atoms with van der Waals surface area (Å²) in [4.78, 5) is 66.0. The van der Waals surface area contributed by atoms with Gasteiger partial charge in [0.25, 0.3) is 0 Å². The molecule has 1 aliphatic carbocycles. The van der Waals surface area contributed by atoms with Crippen molar-refractivity contribution in [3.63, 3.8) is 0 Å². The van der Waals surface area contributed by atoms with Crippen LogP contribution in [0, 0.1) is 28.0 Å². The number of benzene rings is 1. The number of halogens is 1. The number of aromatic nitrogens is 6. The number of carbonyl (C=O) groups excluding carboxylic acids is 4. The lowest BCUT2D eigenvalue weighted by molar-refractivity contribution is -0.159. The summed E-state index contributed by atoms with van der Waals surface area (Å²) in [5.74, 6) is -0.325. The first-order valence-corrected chi connectivity index (χ1v) is 24.2. The number of pyridine rings is 1. The number of nitrogens with zero attached hydrogens (tertiary/aromatic N) is 10. The van der Waals surface area contributed by atoms with Crippen molar-refractivity contribution in [1.29, 1.82) is 5.26 Å². The summed E-state index contributed by atoms with van der Waals surface area (Å²) in [6.45, 7) is 9.54. The molecule has 4 aromatic heterocycles. The SMILES string of the molecule is CCC1(C(=O)NC(C)C)CCN(c2ccc(-c3nc(-c4cnn(C5CC6(C5)CN(C(=O)CC5(O)CCN(c7ccc(NC8CCC(=O)NC8=O)cc7F)CC5)C6)c4)cn4ncc(C#N)c34)cn2)CC1. The van der Waals surface area contributed by atoms with Crippen LogP contribution in [-0.2, 0) is 19.2 Å². The number of anilines is 3. The molecule has 4 saturated heterocycles. The lowest BCUT2D eigenvalue weighted by Gasteiger charge is -2.59. The lowest BCUT2D eigenvalue weighted by atomic mass is 9.60. The van der Waals surface area contributed by atoms with E-state index in [1.54, 1.807) is 35.2 Å². The van der Waals surface area contributed by atoms with Crippen LogP contribution in [0.25, 0.3) is 28.0 Å². The highest BCUT2D eigenvalue weighted by Gasteiger charge is 2.55. The summed E-state index contributed by atoms with van der Waals surface area (Å²) < 4.78 is 18.9. The maximum Gasteiger partial charge on any atom is 0.249 e. The number of rotatable bonds is 12. The zero-order chi connectivity index (χ0) is 48.2. The van der Waals surface area contributed by atoms with E-state index >= 15 is 4.39 Å². The van der Waals surface area contributed by atoms with Crippen molar-refractivity contribution in [3.8, 4) is 28.6 Å². The summed E-state index contributed by atoms with van der Waals surface area (Å²) in [5.41, 5.74) is 3.06. The van der Waals surface area contributed by atoms with Gasteiger partial charge in [-0.25, -0.2) is 18.9 Å². The van der Waals surface area contributed by atoms with Gasteiger partial charge in [-0.2, -0.15) is 15.5 Å². The zero-order valence-corrected chi connectivity index (χ0v) is 39.2. The summed E-state index contributed by atoms with van der Waals surface area (Å²) in [6.07, 6.45) is 14.2. The number of carbonyl (C=O) groups is 4. The van der Waals surface area contributed by atoms with E-state index in [2.05, 4.69) is 38.9 Å². The van der Waals surface area contributed by atoms with Gasteiger partial charge >= 0.3 is 0 Å². The van der Waals surface area contributed by atoms with Crippen molar-refractivity contribution in [2.24, 2.45) is 10.8 Å². The number of piperidine rings is 3. The Kier molecular flexibility index (Phi) is 11.9. The second-order valence-electron chi connectivity index (χ2n) is 20.3. The van der Waals surface area contributed by atoms with Crippen molar-refractivity contribution in [1.82, 2.24) is 44.9 Å². The van der Waals surface area contributed by atoms with Crippen molar-refractivity contribution in [2.75, 3.05) is 54.4 Å². The largest absolute Gasteiger partial charge is 0.389 e. The van der Waals surface area contributed by atoms with Crippen LogP contribution in [0.1, 0.15) is 96.6 Å². The molecule has 4 N–H and O–H groups in total. The van der Waals surface area contributed by atoms with Crippen LogP contribution in [-0.4, -0.2) is 120 Å². The zero-order valence-electron chi connectivity index (χ0n) is 39.2. The van der Waals surface area contributed by atoms with Gasteiger partial charge in [-0.1, -0.05) is 6.92 Å². The van der Waals surface area contributed by atoms with Gasteiger partial charge < -0.3 is 30.4 Å². The molecule has 4 aliphatic heterocycles. The number of fused-ring (bicyclic) bond motifs is 1. The van der Waals surface area contributed by atoms with Gasteiger partial charge in [-0.3, -0.25) is 29.2 Å². The first kappa shape index (κ1) is 45.8. The second kappa shape index (κ2) is 17.9. The molecule has 360 valence electrons. The summed E-state index contributed by atoms with van der Waals surface area (Å²) >= 11 is 0. The van der Waals surface area contributed by atoms with E-state index in [1.165, 1.54) is 6.07 Å². The number of nitrogens with one attached hydrogen (secondary N) is 3. The van der Waals surface area contributed by atoms with E-state index in [0.29, 0.717) is 79.3 Å². The van der Waals surface area contributed by atoms with Gasteiger partial charge in [0.1, 0.15) is 34.8 Å². The molecular formula is C50H58FN13O5. The van der Waals surface area contributed by atoms with E-state index < -0.39 is 23.4 Å². The van der Waals surface area contributed by atoms with E-state index in [4.69, 9.17) is 15.1 Å². The molecule has 69 heavy (non-hydrogen) atoms. The Morgan fingerprint density at radius 2 is 1.72 bits per heavy atom. The van der Waals surface area contributed by atoms with Crippen molar-refractivity contribution in [2.45, 2.75) is 109 Å². The van der Waals surface area contributed by atoms with E-state index in [-0.39, 0.29) is 53.5 Å².